The van der Waals surface area contributed by atoms with E-state index in [1.54, 1.807) is 30.6 Å². The topological polar surface area (TPSA) is 101 Å². The molecule has 24 heavy (non-hydrogen) atoms. The molecule has 2 aromatic heterocycles. The van der Waals surface area contributed by atoms with Crippen LogP contribution >= 0.6 is 0 Å². The molecule has 3 rings (SSSR count). The zero-order chi connectivity index (χ0) is 16.8. The van der Waals surface area contributed by atoms with Gasteiger partial charge in [0.05, 0.1) is 5.56 Å². The van der Waals surface area contributed by atoms with Crippen molar-refractivity contribution in [3.63, 3.8) is 0 Å². The van der Waals surface area contributed by atoms with E-state index in [9.17, 15) is 4.79 Å². The van der Waals surface area contributed by atoms with Crippen LogP contribution in [0.4, 0.5) is 0 Å². The molecule has 7 heteroatoms. The van der Waals surface area contributed by atoms with Crippen molar-refractivity contribution in [1.29, 1.82) is 5.26 Å². The fraction of sp³-hybridized carbons (Fsp3) is 0.353. The molecule has 0 unspecified atom stereocenters. The van der Waals surface area contributed by atoms with E-state index in [2.05, 4.69) is 20.3 Å². The standard InChI is InChI=1S/C17H17N5O2/c18-10-12-2-7-15(21-11-12)24-14-5-3-13(4-6-14)22-17(23)16-19-8-1-9-20-16/h1-2,7-9,11,13-14H,3-6H2,(H,22,23). The van der Waals surface area contributed by atoms with Crippen LogP contribution in [0.3, 0.4) is 0 Å². The van der Waals surface area contributed by atoms with Gasteiger partial charge in [-0.2, -0.15) is 5.26 Å². The molecule has 0 aromatic carbocycles. The number of nitriles is 1. The Bertz CT molecular complexity index is 719. The lowest BCUT2D eigenvalue weighted by molar-refractivity contribution is 0.0880. The van der Waals surface area contributed by atoms with Gasteiger partial charge >= 0.3 is 0 Å². The molecule has 0 atom stereocenters. The maximum absolute atomic E-state index is 12.0. The first-order chi connectivity index (χ1) is 11.7. The Morgan fingerprint density at radius 2 is 1.92 bits per heavy atom. The first-order valence-electron chi connectivity index (χ1n) is 7.85. The molecule has 1 saturated carbocycles. The molecule has 2 aromatic rings. The Balaban J connectivity index is 1.47. The molecular weight excluding hydrogens is 306 g/mol. The fourth-order valence-corrected chi connectivity index (χ4v) is 2.68. The molecule has 0 spiro atoms. The minimum Gasteiger partial charge on any atom is -0.474 e. The zero-order valence-electron chi connectivity index (χ0n) is 13.1. The minimum atomic E-state index is -0.242. The summed E-state index contributed by atoms with van der Waals surface area (Å²) in [6.45, 7) is 0. The average molecular weight is 323 g/mol. The molecule has 1 aliphatic carbocycles. The van der Waals surface area contributed by atoms with Crippen LogP contribution in [-0.4, -0.2) is 33.0 Å². The van der Waals surface area contributed by atoms with E-state index in [-0.39, 0.29) is 23.9 Å². The van der Waals surface area contributed by atoms with Gasteiger partial charge in [0.1, 0.15) is 12.2 Å². The molecule has 1 fully saturated rings. The largest absolute Gasteiger partial charge is 0.474 e. The third kappa shape index (κ3) is 4.04. The SMILES string of the molecule is N#Cc1ccc(OC2CCC(NC(=O)c3ncccn3)CC2)nc1. The highest BCUT2D eigenvalue weighted by molar-refractivity contribution is 5.90. The van der Waals surface area contributed by atoms with E-state index in [1.807, 2.05) is 6.07 Å². The summed E-state index contributed by atoms with van der Waals surface area (Å²) in [4.78, 5) is 24.1. The molecule has 0 radical (unpaired) electrons. The Morgan fingerprint density at radius 1 is 1.17 bits per heavy atom. The fourth-order valence-electron chi connectivity index (χ4n) is 2.68. The number of amides is 1. The van der Waals surface area contributed by atoms with Crippen LogP contribution in [0.15, 0.2) is 36.8 Å². The Kier molecular flexibility index (Phi) is 4.96. The van der Waals surface area contributed by atoms with Gasteiger partial charge in [0.15, 0.2) is 0 Å². The Hall–Kier alpha value is -3.01. The number of carbonyl (C=O) groups excluding carboxylic acids is 1. The lowest BCUT2D eigenvalue weighted by Crippen LogP contribution is -2.40. The van der Waals surface area contributed by atoms with Gasteiger partial charge in [0, 0.05) is 30.7 Å². The molecule has 1 N–H and O–H groups in total. The maximum atomic E-state index is 12.0. The summed E-state index contributed by atoms with van der Waals surface area (Å²) in [5, 5.41) is 11.7. The number of hydrogen-bond donors (Lipinski definition) is 1. The summed E-state index contributed by atoms with van der Waals surface area (Å²) in [5.41, 5.74) is 0.511. The van der Waals surface area contributed by atoms with E-state index in [1.165, 1.54) is 6.20 Å². The molecule has 2 heterocycles. The van der Waals surface area contributed by atoms with Crippen LogP contribution in [0.5, 0.6) is 5.88 Å². The molecule has 122 valence electrons. The van der Waals surface area contributed by atoms with Gasteiger partial charge in [-0.3, -0.25) is 4.79 Å². The van der Waals surface area contributed by atoms with Crippen molar-refractivity contribution in [3.05, 3.63) is 48.2 Å². The average Bonchev–Trinajstić information content (AvgIpc) is 2.65. The maximum Gasteiger partial charge on any atom is 0.289 e. The number of ether oxygens (including phenoxy) is 1. The highest BCUT2D eigenvalue weighted by atomic mass is 16.5. The number of nitrogens with zero attached hydrogens (tertiary/aromatic N) is 4. The lowest BCUT2D eigenvalue weighted by Gasteiger charge is -2.29. The van der Waals surface area contributed by atoms with Crippen LogP contribution in [-0.2, 0) is 0 Å². The van der Waals surface area contributed by atoms with Crippen molar-refractivity contribution >= 4 is 5.91 Å². The zero-order valence-corrected chi connectivity index (χ0v) is 13.1. The number of rotatable bonds is 4. The normalized spacial score (nSPS) is 20.0. The van der Waals surface area contributed by atoms with Crippen LogP contribution in [0.1, 0.15) is 41.9 Å². The van der Waals surface area contributed by atoms with Gasteiger partial charge in [-0.1, -0.05) is 0 Å². The van der Waals surface area contributed by atoms with E-state index in [4.69, 9.17) is 10.00 Å². The summed E-state index contributed by atoms with van der Waals surface area (Å²) in [7, 11) is 0. The number of carbonyl (C=O) groups is 1. The molecule has 7 nitrogen and oxygen atoms in total. The summed E-state index contributed by atoms with van der Waals surface area (Å²) < 4.78 is 5.83. The van der Waals surface area contributed by atoms with Crippen molar-refractivity contribution in [3.8, 4) is 11.9 Å². The molecular formula is C17H17N5O2. The van der Waals surface area contributed by atoms with Gasteiger partial charge < -0.3 is 10.1 Å². The third-order valence-electron chi connectivity index (χ3n) is 3.93. The van der Waals surface area contributed by atoms with Crippen LogP contribution in [0, 0.1) is 11.3 Å². The number of nitrogens with one attached hydrogen (secondary N) is 1. The summed E-state index contributed by atoms with van der Waals surface area (Å²) in [5.74, 6) is 0.477. The Morgan fingerprint density at radius 3 is 2.54 bits per heavy atom. The van der Waals surface area contributed by atoms with Crippen molar-refractivity contribution < 1.29 is 9.53 Å². The monoisotopic (exact) mass is 323 g/mol. The second-order valence-corrected chi connectivity index (χ2v) is 5.63. The molecule has 1 aliphatic rings. The lowest BCUT2D eigenvalue weighted by atomic mass is 9.93. The van der Waals surface area contributed by atoms with Gasteiger partial charge in [0.25, 0.3) is 5.91 Å². The summed E-state index contributed by atoms with van der Waals surface area (Å²) in [6.07, 6.45) is 8.02. The first kappa shape index (κ1) is 15.9. The van der Waals surface area contributed by atoms with E-state index >= 15 is 0 Å². The third-order valence-corrected chi connectivity index (χ3v) is 3.93. The number of aromatic nitrogens is 3. The highest BCUT2D eigenvalue weighted by Gasteiger charge is 2.24. The van der Waals surface area contributed by atoms with Gasteiger partial charge in [-0.25, -0.2) is 15.0 Å². The summed E-state index contributed by atoms with van der Waals surface area (Å²) in [6, 6.07) is 7.21. The smallest absolute Gasteiger partial charge is 0.289 e. The van der Waals surface area contributed by atoms with Crippen molar-refractivity contribution in [1.82, 2.24) is 20.3 Å². The van der Waals surface area contributed by atoms with Crippen molar-refractivity contribution in [2.45, 2.75) is 37.8 Å². The van der Waals surface area contributed by atoms with Crippen LogP contribution in [0.25, 0.3) is 0 Å². The van der Waals surface area contributed by atoms with Crippen LogP contribution < -0.4 is 10.1 Å². The minimum absolute atomic E-state index is 0.0755. The number of hydrogen-bond acceptors (Lipinski definition) is 6. The predicted octanol–water partition coefficient (Wildman–Crippen LogP) is 1.86. The van der Waals surface area contributed by atoms with Crippen molar-refractivity contribution in [2.24, 2.45) is 0 Å². The molecule has 1 amide bonds. The highest BCUT2D eigenvalue weighted by Crippen LogP contribution is 2.23. The van der Waals surface area contributed by atoms with Crippen LogP contribution in [0.2, 0.25) is 0 Å². The predicted molar refractivity (Wildman–Crippen MR) is 85.1 cm³/mol. The molecule has 0 aliphatic heterocycles. The Labute approximate surface area is 139 Å². The van der Waals surface area contributed by atoms with Gasteiger partial charge in [-0.15, -0.1) is 0 Å². The summed E-state index contributed by atoms with van der Waals surface area (Å²) >= 11 is 0. The van der Waals surface area contributed by atoms with Gasteiger partial charge in [0.2, 0.25) is 11.7 Å². The quantitative estimate of drug-likeness (QED) is 0.921. The van der Waals surface area contributed by atoms with E-state index in [0.717, 1.165) is 25.7 Å². The van der Waals surface area contributed by atoms with E-state index in [0.29, 0.717) is 11.4 Å². The van der Waals surface area contributed by atoms with Crippen molar-refractivity contribution in [2.75, 3.05) is 0 Å². The first-order valence-corrected chi connectivity index (χ1v) is 7.85. The second kappa shape index (κ2) is 7.51. The second-order valence-electron chi connectivity index (χ2n) is 5.63. The van der Waals surface area contributed by atoms with Gasteiger partial charge in [-0.05, 0) is 37.8 Å². The van der Waals surface area contributed by atoms with E-state index < -0.39 is 0 Å². The molecule has 0 bridgehead atoms. The molecule has 0 saturated heterocycles. The number of pyridine rings is 1.